The molecule has 0 aromatic heterocycles. The van der Waals surface area contributed by atoms with Crippen LogP contribution in [0.4, 0.5) is 0 Å². The zero-order chi connectivity index (χ0) is 9.33. The van der Waals surface area contributed by atoms with E-state index in [-0.39, 0.29) is 0 Å². The van der Waals surface area contributed by atoms with Gasteiger partial charge in [-0.05, 0) is 6.92 Å². The van der Waals surface area contributed by atoms with E-state index in [1.165, 1.54) is 0 Å². The van der Waals surface area contributed by atoms with E-state index >= 15 is 0 Å². The van der Waals surface area contributed by atoms with Crippen LogP contribution in [0, 0.1) is 0 Å². The summed E-state index contributed by atoms with van der Waals surface area (Å²) < 4.78 is 26.6. The lowest BCUT2D eigenvalue weighted by atomic mass is 10.5. The van der Waals surface area contributed by atoms with Crippen LogP contribution in [0.1, 0.15) is 6.92 Å². The van der Waals surface area contributed by atoms with Gasteiger partial charge in [0.1, 0.15) is 0 Å². The van der Waals surface area contributed by atoms with E-state index in [1.54, 1.807) is 6.08 Å². The van der Waals surface area contributed by atoms with Gasteiger partial charge in [0.25, 0.3) is 10.1 Å². The molecule has 0 saturated heterocycles. The third-order valence-corrected chi connectivity index (χ3v) is 0.960. The van der Waals surface area contributed by atoms with Crippen molar-refractivity contribution >= 4 is 10.1 Å². The average Bonchev–Trinajstić information content (AvgIpc) is 1.90. The van der Waals surface area contributed by atoms with Crippen LogP contribution in [0.5, 0.6) is 0 Å². The topological polar surface area (TPSA) is 54.4 Å². The fourth-order valence-corrected chi connectivity index (χ4v) is 0.136. The van der Waals surface area contributed by atoms with Gasteiger partial charge in [0, 0.05) is 0 Å². The van der Waals surface area contributed by atoms with Crippen molar-refractivity contribution in [2.24, 2.45) is 0 Å². The van der Waals surface area contributed by atoms with E-state index in [4.69, 9.17) is 4.55 Å². The molecular formula is C7H12O3S. The molecule has 4 heteroatoms. The second-order valence-electron chi connectivity index (χ2n) is 1.44. The summed E-state index contributed by atoms with van der Waals surface area (Å²) in [6, 6.07) is 0. The van der Waals surface area contributed by atoms with Crippen molar-refractivity contribution in [2.45, 2.75) is 6.92 Å². The van der Waals surface area contributed by atoms with E-state index in [0.29, 0.717) is 5.41 Å². The van der Waals surface area contributed by atoms with Gasteiger partial charge in [-0.3, -0.25) is 4.55 Å². The molecule has 1 N–H and O–H groups in total. The molecule has 0 amide bonds. The van der Waals surface area contributed by atoms with Crippen LogP contribution in [-0.4, -0.2) is 13.0 Å². The van der Waals surface area contributed by atoms with Gasteiger partial charge in [-0.1, -0.05) is 31.4 Å². The highest BCUT2D eigenvalue weighted by Gasteiger charge is 1.87. The summed E-state index contributed by atoms with van der Waals surface area (Å²) in [5, 5.41) is 0.465. The predicted molar refractivity (Wildman–Crippen MR) is 46.8 cm³/mol. The van der Waals surface area contributed by atoms with Crippen LogP contribution in [-0.2, 0) is 10.1 Å². The van der Waals surface area contributed by atoms with Crippen LogP contribution in [0.15, 0.2) is 36.8 Å². The molecule has 0 atom stereocenters. The number of hydrogen-bond donors (Lipinski definition) is 1. The van der Waals surface area contributed by atoms with Gasteiger partial charge in [-0.15, -0.1) is 0 Å². The van der Waals surface area contributed by atoms with E-state index in [1.807, 2.05) is 19.1 Å². The Bertz CT molecular complexity index is 212. The highest BCUT2D eigenvalue weighted by atomic mass is 32.2. The van der Waals surface area contributed by atoms with Crippen LogP contribution in [0.25, 0.3) is 0 Å². The van der Waals surface area contributed by atoms with Crippen LogP contribution >= 0.6 is 0 Å². The summed E-state index contributed by atoms with van der Waals surface area (Å²) in [7, 11) is -3.90. The molecule has 0 heterocycles. The zero-order valence-electron chi connectivity index (χ0n) is 6.40. The minimum atomic E-state index is -3.90. The zero-order valence-corrected chi connectivity index (χ0v) is 7.21. The second-order valence-corrected chi connectivity index (χ2v) is 2.81. The molecule has 0 saturated carbocycles. The third-order valence-electron chi connectivity index (χ3n) is 0.539. The van der Waals surface area contributed by atoms with Crippen molar-refractivity contribution in [3.8, 4) is 0 Å². The standard InChI is InChI=1S/C5H8.C2H4O3S/c1-3-5-4-2;1-2-6(3,4)5/h3-5H,1H2,2H3;2H,1H2,(H,3,4,5). The van der Waals surface area contributed by atoms with Gasteiger partial charge < -0.3 is 0 Å². The van der Waals surface area contributed by atoms with Gasteiger partial charge in [0.05, 0.1) is 5.41 Å². The van der Waals surface area contributed by atoms with Crippen LogP contribution in [0.3, 0.4) is 0 Å². The molecule has 0 fully saturated rings. The first kappa shape index (κ1) is 12.8. The molecule has 0 aromatic rings. The van der Waals surface area contributed by atoms with Gasteiger partial charge in [-0.2, -0.15) is 8.42 Å². The molecular weight excluding hydrogens is 164 g/mol. The van der Waals surface area contributed by atoms with Gasteiger partial charge in [0.15, 0.2) is 0 Å². The maximum Gasteiger partial charge on any atom is 0.287 e. The minimum Gasteiger partial charge on any atom is -0.282 e. The lowest BCUT2D eigenvalue weighted by molar-refractivity contribution is 0.494. The number of allylic oxidation sites excluding steroid dienone is 3. The van der Waals surface area contributed by atoms with Crippen molar-refractivity contribution in [2.75, 3.05) is 0 Å². The maximum absolute atomic E-state index is 9.44. The molecule has 0 aliphatic rings. The minimum absolute atomic E-state index is 0.465. The van der Waals surface area contributed by atoms with Crippen molar-refractivity contribution in [3.05, 3.63) is 36.8 Å². The summed E-state index contributed by atoms with van der Waals surface area (Å²) in [4.78, 5) is 0. The first-order valence-electron chi connectivity index (χ1n) is 2.81. The Morgan fingerprint density at radius 1 is 1.36 bits per heavy atom. The normalized spacial score (nSPS) is 10.0. The summed E-state index contributed by atoms with van der Waals surface area (Å²) in [6.07, 6.45) is 5.58. The molecule has 11 heavy (non-hydrogen) atoms. The lowest BCUT2D eigenvalue weighted by Gasteiger charge is -1.73. The van der Waals surface area contributed by atoms with E-state index < -0.39 is 10.1 Å². The Hall–Kier alpha value is -0.870. The highest BCUT2D eigenvalue weighted by molar-refractivity contribution is 7.88. The first-order chi connectivity index (χ1) is 4.97. The first-order valence-corrected chi connectivity index (χ1v) is 4.32. The van der Waals surface area contributed by atoms with Crippen molar-refractivity contribution in [3.63, 3.8) is 0 Å². The molecule has 0 aliphatic carbocycles. The molecule has 0 bridgehead atoms. The maximum atomic E-state index is 9.44. The number of hydrogen-bond acceptors (Lipinski definition) is 2. The molecule has 0 unspecified atom stereocenters. The van der Waals surface area contributed by atoms with Gasteiger partial charge in [-0.25, -0.2) is 0 Å². The Kier molecular flexibility index (Phi) is 8.41. The Labute approximate surface area is 67.5 Å². The summed E-state index contributed by atoms with van der Waals surface area (Å²) in [6.45, 7) is 8.22. The largest absolute Gasteiger partial charge is 0.287 e. The van der Waals surface area contributed by atoms with Crippen molar-refractivity contribution < 1.29 is 13.0 Å². The summed E-state index contributed by atoms with van der Waals surface area (Å²) in [5.74, 6) is 0. The molecule has 0 spiro atoms. The molecule has 0 aromatic carbocycles. The lowest BCUT2D eigenvalue weighted by Crippen LogP contribution is -1.86. The quantitative estimate of drug-likeness (QED) is 0.515. The SMILES string of the molecule is C=CC=CC.C=CS(=O)(=O)O. The summed E-state index contributed by atoms with van der Waals surface area (Å²) in [5.41, 5.74) is 0. The molecule has 0 rings (SSSR count). The van der Waals surface area contributed by atoms with Gasteiger partial charge in [0.2, 0.25) is 0 Å². The summed E-state index contributed by atoms with van der Waals surface area (Å²) >= 11 is 0. The fourth-order valence-electron chi connectivity index (χ4n) is 0.136. The predicted octanol–water partition coefficient (Wildman–Crippen LogP) is 1.77. The second kappa shape index (κ2) is 7.24. The van der Waals surface area contributed by atoms with Gasteiger partial charge >= 0.3 is 0 Å². The fraction of sp³-hybridized carbons (Fsp3) is 0.143. The molecule has 3 nitrogen and oxygen atoms in total. The molecule has 0 aliphatic heterocycles. The monoisotopic (exact) mass is 176 g/mol. The molecule has 64 valence electrons. The third kappa shape index (κ3) is 27.2. The van der Waals surface area contributed by atoms with E-state index in [9.17, 15) is 8.42 Å². The molecule has 0 radical (unpaired) electrons. The Balaban J connectivity index is 0. The average molecular weight is 176 g/mol. The number of rotatable bonds is 2. The van der Waals surface area contributed by atoms with Crippen molar-refractivity contribution in [1.82, 2.24) is 0 Å². The Morgan fingerprint density at radius 3 is 1.73 bits per heavy atom. The highest BCUT2D eigenvalue weighted by Crippen LogP contribution is 1.75. The van der Waals surface area contributed by atoms with E-state index in [0.717, 1.165) is 0 Å². The Morgan fingerprint density at radius 2 is 1.73 bits per heavy atom. The van der Waals surface area contributed by atoms with Crippen LogP contribution < -0.4 is 0 Å². The smallest absolute Gasteiger partial charge is 0.282 e. The van der Waals surface area contributed by atoms with E-state index in [2.05, 4.69) is 13.2 Å². The van der Waals surface area contributed by atoms with Crippen LogP contribution in [0.2, 0.25) is 0 Å². The van der Waals surface area contributed by atoms with Crippen molar-refractivity contribution in [1.29, 1.82) is 0 Å².